The van der Waals surface area contributed by atoms with Crippen molar-refractivity contribution in [3.63, 3.8) is 0 Å². The van der Waals surface area contributed by atoms with Crippen LogP contribution in [0.15, 0.2) is 42.5 Å². The number of ether oxygens (including phenoxy) is 1. The second kappa shape index (κ2) is 8.80. The van der Waals surface area contributed by atoms with Crippen molar-refractivity contribution in [1.82, 2.24) is 4.90 Å². The number of nitrogens with zero attached hydrogens (tertiary/aromatic N) is 1. The lowest BCUT2D eigenvalue weighted by molar-refractivity contribution is 0.0903. The summed E-state index contributed by atoms with van der Waals surface area (Å²) in [6, 6.07) is 12.5. The smallest absolute Gasteiger partial charge is 0.173 e. The Hall–Kier alpha value is -1.69. The van der Waals surface area contributed by atoms with Gasteiger partial charge in [-0.3, -0.25) is 0 Å². The van der Waals surface area contributed by atoms with Gasteiger partial charge in [0.2, 0.25) is 0 Å². The van der Waals surface area contributed by atoms with Crippen LogP contribution >= 0.6 is 23.8 Å². The number of aryl methyl sites for hydroxylation is 1. The average molecular weight is 393 g/mol. The fourth-order valence-electron chi connectivity index (χ4n) is 3.02. The molecule has 26 heavy (non-hydrogen) atoms. The lowest BCUT2D eigenvalue weighted by atomic mass is 10.1. The van der Waals surface area contributed by atoms with Crippen LogP contribution in [-0.4, -0.2) is 29.3 Å². The minimum atomic E-state index is -0.235. The van der Waals surface area contributed by atoms with E-state index in [9.17, 15) is 4.39 Å². The number of hydrogen-bond acceptors (Lipinski definition) is 2. The highest BCUT2D eigenvalue weighted by Gasteiger charge is 2.22. The highest BCUT2D eigenvalue weighted by atomic mass is 35.5. The second-order valence-electron chi connectivity index (χ2n) is 6.47. The maximum Gasteiger partial charge on any atom is 0.173 e. The summed E-state index contributed by atoms with van der Waals surface area (Å²) in [5.41, 5.74) is 2.33. The Morgan fingerprint density at radius 1 is 1.31 bits per heavy atom. The molecule has 0 aromatic heterocycles. The van der Waals surface area contributed by atoms with Gasteiger partial charge in [0.05, 0.1) is 16.8 Å². The van der Waals surface area contributed by atoms with Gasteiger partial charge < -0.3 is 15.0 Å². The lowest BCUT2D eigenvalue weighted by Crippen LogP contribution is -2.39. The van der Waals surface area contributed by atoms with Crippen molar-refractivity contribution >= 4 is 34.6 Å². The molecule has 1 aliphatic heterocycles. The quantitative estimate of drug-likeness (QED) is 0.710. The van der Waals surface area contributed by atoms with Crippen LogP contribution in [0.5, 0.6) is 0 Å². The molecule has 0 radical (unpaired) electrons. The Bertz CT molecular complexity index is 780. The minimum absolute atomic E-state index is 0.106. The number of rotatable bonds is 5. The Balaban J connectivity index is 1.78. The molecular weight excluding hydrogens is 371 g/mol. The predicted octanol–water partition coefficient (Wildman–Crippen LogP) is 5.17. The molecule has 1 atom stereocenters. The van der Waals surface area contributed by atoms with E-state index in [1.54, 1.807) is 12.1 Å². The Morgan fingerprint density at radius 3 is 2.85 bits per heavy atom. The third kappa shape index (κ3) is 4.72. The first-order chi connectivity index (χ1) is 12.5. The molecule has 2 aromatic carbocycles. The molecule has 0 amide bonds. The highest BCUT2D eigenvalue weighted by Crippen LogP contribution is 2.26. The van der Waals surface area contributed by atoms with Crippen molar-refractivity contribution in [2.45, 2.75) is 32.4 Å². The van der Waals surface area contributed by atoms with Crippen LogP contribution in [-0.2, 0) is 11.3 Å². The number of thiocarbonyl (C=S) groups is 1. The van der Waals surface area contributed by atoms with E-state index >= 15 is 0 Å². The Kier molecular flexibility index (Phi) is 6.46. The third-order valence-corrected chi connectivity index (χ3v) is 5.35. The zero-order valence-corrected chi connectivity index (χ0v) is 16.2. The molecule has 3 rings (SSSR count). The molecule has 6 heteroatoms. The summed E-state index contributed by atoms with van der Waals surface area (Å²) in [6.45, 7) is 3.70. The van der Waals surface area contributed by atoms with Crippen LogP contribution in [0.4, 0.5) is 10.1 Å². The largest absolute Gasteiger partial charge is 0.376 e. The molecule has 3 nitrogen and oxygen atoms in total. The SMILES string of the molecule is Cc1cccc(NC(=S)N(Cc2ccccc2F)C[C@H]2CCCO2)c1Cl. The Labute approximate surface area is 164 Å². The van der Waals surface area contributed by atoms with E-state index in [-0.39, 0.29) is 11.9 Å². The Morgan fingerprint density at radius 2 is 2.12 bits per heavy atom. The number of benzene rings is 2. The topological polar surface area (TPSA) is 24.5 Å². The molecule has 1 N–H and O–H groups in total. The monoisotopic (exact) mass is 392 g/mol. The molecule has 0 saturated carbocycles. The second-order valence-corrected chi connectivity index (χ2v) is 7.24. The van der Waals surface area contributed by atoms with E-state index < -0.39 is 0 Å². The van der Waals surface area contributed by atoms with Crippen LogP contribution in [0.2, 0.25) is 5.02 Å². The molecule has 1 heterocycles. The maximum absolute atomic E-state index is 14.1. The van der Waals surface area contributed by atoms with Gasteiger partial charge in [-0.25, -0.2) is 4.39 Å². The molecule has 0 bridgehead atoms. The van der Waals surface area contributed by atoms with Crippen LogP contribution in [0.3, 0.4) is 0 Å². The van der Waals surface area contributed by atoms with E-state index in [1.807, 2.05) is 36.1 Å². The van der Waals surface area contributed by atoms with Crippen LogP contribution < -0.4 is 5.32 Å². The zero-order chi connectivity index (χ0) is 18.5. The van der Waals surface area contributed by atoms with Gasteiger partial charge in [0.1, 0.15) is 5.82 Å². The third-order valence-electron chi connectivity index (χ3n) is 4.49. The van der Waals surface area contributed by atoms with Gasteiger partial charge in [0, 0.05) is 25.3 Å². The van der Waals surface area contributed by atoms with Gasteiger partial charge in [-0.05, 0) is 49.7 Å². The molecule has 1 saturated heterocycles. The van der Waals surface area contributed by atoms with E-state index in [0.29, 0.717) is 28.8 Å². The standard InChI is InChI=1S/C20H22ClFN2OS/c1-14-6-4-10-18(19(14)21)23-20(26)24(13-16-8-5-11-25-16)12-15-7-2-3-9-17(15)22/h2-4,6-7,9-10,16H,5,8,11-13H2,1H3,(H,23,26)/t16-/m1/s1. The number of hydrogen-bond donors (Lipinski definition) is 1. The summed E-state index contributed by atoms with van der Waals surface area (Å²) < 4.78 is 19.9. The molecule has 1 aliphatic rings. The van der Waals surface area contributed by atoms with Gasteiger partial charge in [-0.2, -0.15) is 0 Å². The van der Waals surface area contributed by atoms with Crippen molar-refractivity contribution in [1.29, 1.82) is 0 Å². The summed E-state index contributed by atoms with van der Waals surface area (Å²) in [7, 11) is 0. The fraction of sp³-hybridized carbons (Fsp3) is 0.350. The molecule has 138 valence electrons. The molecule has 0 aliphatic carbocycles. The summed E-state index contributed by atoms with van der Waals surface area (Å²) in [5.74, 6) is -0.235. The van der Waals surface area contributed by atoms with Gasteiger partial charge in [0.15, 0.2) is 5.11 Å². The fourth-order valence-corrected chi connectivity index (χ4v) is 3.45. The van der Waals surface area contributed by atoms with Gasteiger partial charge in [-0.15, -0.1) is 0 Å². The van der Waals surface area contributed by atoms with Gasteiger partial charge in [-0.1, -0.05) is 41.9 Å². The number of anilines is 1. The van der Waals surface area contributed by atoms with Crippen molar-refractivity contribution in [3.05, 3.63) is 64.4 Å². The highest BCUT2D eigenvalue weighted by molar-refractivity contribution is 7.80. The van der Waals surface area contributed by atoms with E-state index in [4.69, 9.17) is 28.6 Å². The minimum Gasteiger partial charge on any atom is -0.376 e. The number of nitrogens with one attached hydrogen (secondary N) is 1. The first kappa shape index (κ1) is 19.1. The molecule has 0 unspecified atom stereocenters. The summed E-state index contributed by atoms with van der Waals surface area (Å²) in [4.78, 5) is 1.95. The summed E-state index contributed by atoms with van der Waals surface area (Å²) >= 11 is 12.0. The van der Waals surface area contributed by atoms with E-state index in [2.05, 4.69) is 5.32 Å². The first-order valence-electron chi connectivity index (χ1n) is 8.70. The predicted molar refractivity (Wildman–Crippen MR) is 108 cm³/mol. The summed E-state index contributed by atoms with van der Waals surface area (Å²) in [6.07, 6.45) is 2.14. The van der Waals surface area contributed by atoms with Crippen LogP contribution in [0, 0.1) is 12.7 Å². The molecule has 1 fully saturated rings. The molecule has 2 aromatic rings. The normalized spacial score (nSPS) is 16.5. The van der Waals surface area contributed by atoms with Crippen molar-refractivity contribution in [2.75, 3.05) is 18.5 Å². The van der Waals surface area contributed by atoms with Gasteiger partial charge in [0.25, 0.3) is 0 Å². The maximum atomic E-state index is 14.1. The zero-order valence-electron chi connectivity index (χ0n) is 14.7. The molecular formula is C20H22ClFN2OS. The lowest BCUT2D eigenvalue weighted by Gasteiger charge is -2.29. The average Bonchev–Trinajstić information content (AvgIpc) is 3.13. The first-order valence-corrected chi connectivity index (χ1v) is 9.49. The van der Waals surface area contributed by atoms with Crippen LogP contribution in [0.1, 0.15) is 24.0 Å². The van der Waals surface area contributed by atoms with E-state index in [0.717, 1.165) is 30.7 Å². The molecule has 0 spiro atoms. The van der Waals surface area contributed by atoms with E-state index in [1.165, 1.54) is 6.07 Å². The van der Waals surface area contributed by atoms with Crippen molar-refractivity contribution in [3.8, 4) is 0 Å². The van der Waals surface area contributed by atoms with Crippen molar-refractivity contribution in [2.24, 2.45) is 0 Å². The van der Waals surface area contributed by atoms with Crippen LogP contribution in [0.25, 0.3) is 0 Å². The summed E-state index contributed by atoms with van der Waals surface area (Å²) in [5, 5.41) is 4.36. The van der Waals surface area contributed by atoms with Gasteiger partial charge >= 0.3 is 0 Å². The number of halogens is 2. The van der Waals surface area contributed by atoms with Crippen molar-refractivity contribution < 1.29 is 9.13 Å².